The van der Waals surface area contributed by atoms with Gasteiger partial charge in [-0.1, -0.05) is 6.92 Å². The van der Waals surface area contributed by atoms with Crippen LogP contribution in [0.1, 0.15) is 36.2 Å². The highest BCUT2D eigenvalue weighted by atomic mass is 32.2. The second-order valence-electron chi connectivity index (χ2n) is 5.94. The predicted molar refractivity (Wildman–Crippen MR) is 93.5 cm³/mol. The van der Waals surface area contributed by atoms with Crippen molar-refractivity contribution in [1.82, 2.24) is 14.8 Å². The molecule has 1 amide bonds. The minimum absolute atomic E-state index is 0.119. The molecule has 0 spiro atoms. The third-order valence-electron chi connectivity index (χ3n) is 4.13. The van der Waals surface area contributed by atoms with Gasteiger partial charge in [0.05, 0.1) is 5.56 Å². The van der Waals surface area contributed by atoms with Crippen LogP contribution in [0.3, 0.4) is 0 Å². The molecule has 1 aliphatic rings. The Morgan fingerprint density at radius 3 is 2.86 bits per heavy atom. The Labute approximate surface area is 138 Å². The summed E-state index contributed by atoms with van der Waals surface area (Å²) >= 11 is 1.99. The molecule has 1 aromatic heterocycles. The molecule has 0 aliphatic carbocycles. The van der Waals surface area contributed by atoms with E-state index in [4.69, 9.17) is 0 Å². The van der Waals surface area contributed by atoms with Crippen molar-refractivity contribution in [2.45, 2.75) is 33.2 Å². The van der Waals surface area contributed by atoms with Crippen LogP contribution in [0.5, 0.6) is 0 Å². The Morgan fingerprint density at radius 2 is 2.14 bits per heavy atom. The molecule has 1 aromatic rings. The van der Waals surface area contributed by atoms with Gasteiger partial charge in [-0.25, -0.2) is 0 Å². The summed E-state index contributed by atoms with van der Waals surface area (Å²) in [5.74, 6) is 2.46. The molecule has 0 N–H and O–H groups in total. The van der Waals surface area contributed by atoms with Crippen molar-refractivity contribution < 1.29 is 4.79 Å². The summed E-state index contributed by atoms with van der Waals surface area (Å²) in [5.41, 5.74) is 1.75. The third kappa shape index (κ3) is 4.71. The van der Waals surface area contributed by atoms with Crippen LogP contribution in [-0.2, 0) is 0 Å². The summed E-state index contributed by atoms with van der Waals surface area (Å²) in [6, 6.07) is 2.51. The number of hydrogen-bond acceptors (Lipinski definition) is 4. The van der Waals surface area contributed by atoms with Crippen LogP contribution >= 0.6 is 11.8 Å². The normalized spacial score (nSPS) is 18.0. The lowest BCUT2D eigenvalue weighted by Gasteiger charge is -2.27. The van der Waals surface area contributed by atoms with Crippen molar-refractivity contribution in [3.05, 3.63) is 29.6 Å². The van der Waals surface area contributed by atoms with Gasteiger partial charge in [-0.05, 0) is 37.7 Å². The monoisotopic (exact) mass is 321 g/mol. The van der Waals surface area contributed by atoms with E-state index < -0.39 is 0 Å². The molecule has 5 heteroatoms. The zero-order valence-electron chi connectivity index (χ0n) is 13.9. The van der Waals surface area contributed by atoms with E-state index in [2.05, 4.69) is 23.7 Å². The van der Waals surface area contributed by atoms with Crippen LogP contribution < -0.4 is 0 Å². The summed E-state index contributed by atoms with van der Waals surface area (Å²) in [7, 11) is 0. The molecule has 0 radical (unpaired) electrons. The number of aromatic nitrogens is 1. The maximum Gasteiger partial charge on any atom is 0.255 e. The van der Waals surface area contributed by atoms with Crippen LogP contribution in [0.15, 0.2) is 18.5 Å². The SMILES string of the molecule is CCSCC(C)N1CCCN(C(=O)c2cncc(C)c2)CC1. The van der Waals surface area contributed by atoms with Gasteiger partial charge < -0.3 is 4.90 Å². The number of thioether (sulfide) groups is 1. The van der Waals surface area contributed by atoms with E-state index in [1.165, 1.54) is 11.5 Å². The Bertz CT molecular complexity index is 495. The minimum Gasteiger partial charge on any atom is -0.337 e. The van der Waals surface area contributed by atoms with Crippen LogP contribution in [0, 0.1) is 6.92 Å². The molecule has 0 saturated carbocycles. The van der Waals surface area contributed by atoms with E-state index in [0.29, 0.717) is 11.6 Å². The van der Waals surface area contributed by atoms with Gasteiger partial charge in [0.15, 0.2) is 0 Å². The van der Waals surface area contributed by atoms with E-state index >= 15 is 0 Å². The maximum atomic E-state index is 12.6. The van der Waals surface area contributed by atoms with Gasteiger partial charge in [-0.15, -0.1) is 0 Å². The fourth-order valence-corrected chi connectivity index (χ4v) is 3.62. The number of rotatable bonds is 5. The summed E-state index contributed by atoms with van der Waals surface area (Å²) in [6.07, 6.45) is 4.51. The lowest BCUT2D eigenvalue weighted by molar-refractivity contribution is 0.0759. The molecule has 1 unspecified atom stereocenters. The highest BCUT2D eigenvalue weighted by molar-refractivity contribution is 7.99. The molecule has 1 saturated heterocycles. The highest BCUT2D eigenvalue weighted by Gasteiger charge is 2.22. The summed E-state index contributed by atoms with van der Waals surface area (Å²) < 4.78 is 0. The zero-order chi connectivity index (χ0) is 15.9. The zero-order valence-corrected chi connectivity index (χ0v) is 14.7. The minimum atomic E-state index is 0.119. The fourth-order valence-electron chi connectivity index (χ4n) is 2.83. The molecular weight excluding hydrogens is 294 g/mol. The van der Waals surface area contributed by atoms with Gasteiger partial charge in [0.1, 0.15) is 0 Å². The average molecular weight is 321 g/mol. The first kappa shape index (κ1) is 17.3. The maximum absolute atomic E-state index is 12.6. The molecule has 1 atom stereocenters. The molecule has 1 fully saturated rings. The van der Waals surface area contributed by atoms with Crippen LogP contribution in [0.4, 0.5) is 0 Å². The van der Waals surface area contributed by atoms with Crippen LogP contribution in [0.2, 0.25) is 0 Å². The molecular formula is C17H27N3OS. The first-order valence-corrected chi connectivity index (χ1v) is 9.30. The Kier molecular flexibility index (Phi) is 6.70. The molecule has 2 heterocycles. The van der Waals surface area contributed by atoms with E-state index in [1.54, 1.807) is 12.4 Å². The largest absolute Gasteiger partial charge is 0.337 e. The van der Waals surface area contributed by atoms with Gasteiger partial charge in [0, 0.05) is 50.4 Å². The van der Waals surface area contributed by atoms with E-state index in [0.717, 1.165) is 38.2 Å². The number of carbonyl (C=O) groups excluding carboxylic acids is 1. The number of aryl methyl sites for hydroxylation is 1. The van der Waals surface area contributed by atoms with E-state index in [1.807, 2.05) is 29.7 Å². The van der Waals surface area contributed by atoms with Gasteiger partial charge in [-0.3, -0.25) is 14.7 Å². The van der Waals surface area contributed by atoms with Crippen molar-refractivity contribution in [2.75, 3.05) is 37.7 Å². The summed E-state index contributed by atoms with van der Waals surface area (Å²) in [6.45, 7) is 10.2. The highest BCUT2D eigenvalue weighted by Crippen LogP contribution is 2.14. The summed E-state index contributed by atoms with van der Waals surface area (Å²) in [4.78, 5) is 21.3. The van der Waals surface area contributed by atoms with Crippen LogP contribution in [0.25, 0.3) is 0 Å². The molecule has 0 bridgehead atoms. The quantitative estimate of drug-likeness (QED) is 0.835. The van der Waals surface area contributed by atoms with E-state index in [-0.39, 0.29) is 5.91 Å². The Morgan fingerprint density at radius 1 is 1.32 bits per heavy atom. The lowest BCUT2D eigenvalue weighted by atomic mass is 10.2. The molecule has 2 rings (SSSR count). The number of nitrogens with zero attached hydrogens (tertiary/aromatic N) is 3. The second kappa shape index (κ2) is 8.53. The van der Waals surface area contributed by atoms with Gasteiger partial charge >= 0.3 is 0 Å². The van der Waals surface area contributed by atoms with Crippen molar-refractivity contribution in [2.24, 2.45) is 0 Å². The second-order valence-corrected chi connectivity index (χ2v) is 7.26. The molecule has 122 valence electrons. The van der Waals surface area contributed by atoms with Gasteiger partial charge in [-0.2, -0.15) is 11.8 Å². The fraction of sp³-hybridized carbons (Fsp3) is 0.647. The third-order valence-corrected chi connectivity index (χ3v) is 5.25. The number of amides is 1. The van der Waals surface area contributed by atoms with Crippen molar-refractivity contribution >= 4 is 17.7 Å². The van der Waals surface area contributed by atoms with Crippen LogP contribution in [-0.4, -0.2) is 64.4 Å². The number of carbonyl (C=O) groups is 1. The van der Waals surface area contributed by atoms with Crippen molar-refractivity contribution in [3.8, 4) is 0 Å². The topological polar surface area (TPSA) is 36.4 Å². The molecule has 4 nitrogen and oxygen atoms in total. The molecule has 1 aliphatic heterocycles. The molecule has 22 heavy (non-hydrogen) atoms. The predicted octanol–water partition coefficient (Wildman–Crippen LogP) is 2.68. The van der Waals surface area contributed by atoms with Crippen molar-refractivity contribution in [3.63, 3.8) is 0 Å². The van der Waals surface area contributed by atoms with Gasteiger partial charge in [0.25, 0.3) is 5.91 Å². The average Bonchev–Trinajstić information content (AvgIpc) is 2.78. The van der Waals surface area contributed by atoms with E-state index in [9.17, 15) is 4.79 Å². The van der Waals surface area contributed by atoms with Gasteiger partial charge in [0.2, 0.25) is 0 Å². The number of pyridine rings is 1. The summed E-state index contributed by atoms with van der Waals surface area (Å²) in [5, 5.41) is 0. The number of hydrogen-bond donors (Lipinski definition) is 0. The Balaban J connectivity index is 1.93. The first-order chi connectivity index (χ1) is 10.6. The standard InChI is InChI=1S/C17H27N3OS/c1-4-22-13-15(3)19-6-5-7-20(9-8-19)17(21)16-10-14(2)11-18-12-16/h10-12,15H,4-9,13H2,1-3H3. The lowest BCUT2D eigenvalue weighted by Crippen LogP contribution is -2.39. The van der Waals surface area contributed by atoms with Crippen molar-refractivity contribution in [1.29, 1.82) is 0 Å². The Hall–Kier alpha value is -1.07. The first-order valence-electron chi connectivity index (χ1n) is 8.14. The smallest absolute Gasteiger partial charge is 0.255 e. The molecule has 0 aromatic carbocycles.